The van der Waals surface area contributed by atoms with Crippen molar-refractivity contribution in [1.82, 2.24) is 15.5 Å². The Kier molecular flexibility index (Phi) is 15.4. The summed E-state index contributed by atoms with van der Waals surface area (Å²) >= 11 is 0. The molecule has 3 N–H and O–H groups in total. The van der Waals surface area contributed by atoms with Gasteiger partial charge in [0.15, 0.2) is 0 Å². The predicted octanol–water partition coefficient (Wildman–Crippen LogP) is 6.85. The molecule has 0 saturated heterocycles. The number of nitrogens with one attached hydrogen (secondary N) is 2. The fourth-order valence-corrected chi connectivity index (χ4v) is 5.17. The van der Waals surface area contributed by atoms with Gasteiger partial charge in [0.25, 0.3) is 0 Å². The Morgan fingerprint density at radius 2 is 1.42 bits per heavy atom. The zero-order valence-electron chi connectivity index (χ0n) is 30.3. The van der Waals surface area contributed by atoms with E-state index in [0.29, 0.717) is 18.4 Å². The summed E-state index contributed by atoms with van der Waals surface area (Å²) in [7, 11) is 0. The summed E-state index contributed by atoms with van der Waals surface area (Å²) in [5.74, 6) is -1.93. The number of aromatic hydroxyl groups is 1. The lowest BCUT2D eigenvalue weighted by molar-refractivity contribution is -0.159. The third kappa shape index (κ3) is 13.6. The molecule has 0 aliphatic rings. The number of esters is 1. The molecule has 10 nitrogen and oxygen atoms in total. The van der Waals surface area contributed by atoms with Gasteiger partial charge in [-0.25, -0.2) is 9.59 Å². The maximum atomic E-state index is 14.6. The van der Waals surface area contributed by atoms with E-state index >= 15 is 0 Å². The molecule has 2 aromatic carbocycles. The SMILES string of the molecule is CCCCCCN(C(=O)C(NC(=O)OC(C)(C)C)C(C)CC)C(C(=O)NC(Cc1ccccc1)C(=O)OC(C)(C)C)c1ccc(O)cc1. The minimum atomic E-state index is -1.19. The van der Waals surface area contributed by atoms with Crippen molar-refractivity contribution in [2.24, 2.45) is 5.92 Å². The van der Waals surface area contributed by atoms with Crippen LogP contribution in [0.5, 0.6) is 5.75 Å². The Labute approximate surface area is 287 Å². The van der Waals surface area contributed by atoms with Crippen molar-refractivity contribution in [3.63, 3.8) is 0 Å². The molecule has 4 unspecified atom stereocenters. The largest absolute Gasteiger partial charge is 0.508 e. The molecule has 0 fully saturated rings. The van der Waals surface area contributed by atoms with Crippen LogP contribution in [0.1, 0.15) is 112 Å². The Hall–Kier alpha value is -4.08. The number of carbonyl (C=O) groups excluding carboxylic acids is 4. The molecular formula is C38H57N3O7. The van der Waals surface area contributed by atoms with Crippen LogP contribution in [0.15, 0.2) is 54.6 Å². The molecule has 266 valence electrons. The first-order chi connectivity index (χ1) is 22.5. The van der Waals surface area contributed by atoms with Crippen molar-refractivity contribution < 1.29 is 33.8 Å². The molecule has 2 aromatic rings. The average molecular weight is 668 g/mol. The number of amides is 3. The first-order valence-electron chi connectivity index (χ1n) is 17.1. The number of hydrogen-bond acceptors (Lipinski definition) is 7. The van der Waals surface area contributed by atoms with E-state index < -0.39 is 53.2 Å². The monoisotopic (exact) mass is 667 g/mol. The van der Waals surface area contributed by atoms with E-state index in [1.807, 2.05) is 44.2 Å². The van der Waals surface area contributed by atoms with E-state index in [2.05, 4.69) is 17.6 Å². The van der Waals surface area contributed by atoms with Crippen LogP contribution in [0.25, 0.3) is 0 Å². The molecule has 3 amide bonds. The fraction of sp³-hybridized carbons (Fsp3) is 0.579. The molecule has 0 aliphatic heterocycles. The minimum Gasteiger partial charge on any atom is -0.508 e. The lowest BCUT2D eigenvalue weighted by Crippen LogP contribution is -2.56. The van der Waals surface area contributed by atoms with Crippen molar-refractivity contribution in [3.05, 3.63) is 65.7 Å². The van der Waals surface area contributed by atoms with E-state index in [1.54, 1.807) is 53.7 Å². The van der Waals surface area contributed by atoms with Gasteiger partial charge in [0.1, 0.15) is 35.1 Å². The van der Waals surface area contributed by atoms with Gasteiger partial charge in [0.05, 0.1) is 0 Å². The molecule has 2 rings (SSSR count). The molecule has 4 atom stereocenters. The van der Waals surface area contributed by atoms with Crippen molar-refractivity contribution in [3.8, 4) is 5.75 Å². The van der Waals surface area contributed by atoms with E-state index in [0.717, 1.165) is 24.8 Å². The molecule has 0 heterocycles. The second-order valence-electron chi connectivity index (χ2n) is 14.4. The number of rotatable bonds is 16. The minimum absolute atomic E-state index is 0.00138. The zero-order valence-corrected chi connectivity index (χ0v) is 30.3. The van der Waals surface area contributed by atoms with Gasteiger partial charge in [0, 0.05) is 13.0 Å². The number of nitrogens with zero attached hydrogens (tertiary/aromatic N) is 1. The number of unbranched alkanes of at least 4 members (excludes halogenated alkanes) is 3. The summed E-state index contributed by atoms with van der Waals surface area (Å²) in [5, 5.41) is 15.8. The van der Waals surface area contributed by atoms with Gasteiger partial charge in [-0.1, -0.05) is 88.9 Å². The summed E-state index contributed by atoms with van der Waals surface area (Å²) in [6.45, 7) is 16.6. The van der Waals surface area contributed by atoms with E-state index in [1.165, 1.54) is 17.0 Å². The van der Waals surface area contributed by atoms with Gasteiger partial charge < -0.3 is 30.1 Å². The van der Waals surface area contributed by atoms with Crippen molar-refractivity contribution >= 4 is 23.9 Å². The highest BCUT2D eigenvalue weighted by atomic mass is 16.6. The van der Waals surface area contributed by atoms with Crippen molar-refractivity contribution in [2.45, 2.75) is 130 Å². The van der Waals surface area contributed by atoms with Gasteiger partial charge in [-0.3, -0.25) is 9.59 Å². The summed E-state index contributed by atoms with van der Waals surface area (Å²) in [6.07, 6.45) is 3.37. The number of phenolic OH excluding ortho intramolecular Hbond substituents is 1. The second-order valence-corrected chi connectivity index (χ2v) is 14.4. The molecule has 0 radical (unpaired) electrons. The van der Waals surface area contributed by atoms with Gasteiger partial charge in [0.2, 0.25) is 11.8 Å². The van der Waals surface area contributed by atoms with Crippen molar-refractivity contribution in [2.75, 3.05) is 6.54 Å². The van der Waals surface area contributed by atoms with Crippen LogP contribution in [-0.4, -0.2) is 63.7 Å². The van der Waals surface area contributed by atoms with Gasteiger partial charge in [-0.15, -0.1) is 0 Å². The predicted molar refractivity (Wildman–Crippen MR) is 187 cm³/mol. The fourth-order valence-electron chi connectivity index (χ4n) is 5.17. The highest BCUT2D eigenvalue weighted by Crippen LogP contribution is 2.27. The number of hydrogen-bond donors (Lipinski definition) is 3. The Balaban J connectivity index is 2.64. The van der Waals surface area contributed by atoms with Crippen molar-refractivity contribution in [1.29, 1.82) is 0 Å². The average Bonchev–Trinajstić information content (AvgIpc) is 2.99. The lowest BCUT2D eigenvalue weighted by Gasteiger charge is -2.36. The van der Waals surface area contributed by atoms with Crippen LogP contribution in [0.4, 0.5) is 4.79 Å². The number of alkyl carbamates (subject to hydrolysis) is 1. The maximum absolute atomic E-state index is 14.6. The molecule has 10 heteroatoms. The smallest absolute Gasteiger partial charge is 0.408 e. The van der Waals surface area contributed by atoms with E-state index in [4.69, 9.17) is 9.47 Å². The molecule has 0 spiro atoms. The Morgan fingerprint density at radius 3 is 1.96 bits per heavy atom. The molecular weight excluding hydrogens is 610 g/mol. The highest BCUT2D eigenvalue weighted by Gasteiger charge is 2.39. The number of phenols is 1. The Bertz CT molecular complexity index is 1320. The van der Waals surface area contributed by atoms with E-state index in [-0.39, 0.29) is 24.6 Å². The first-order valence-corrected chi connectivity index (χ1v) is 17.1. The van der Waals surface area contributed by atoms with Gasteiger partial charge in [-0.05, 0) is 77.1 Å². The molecule has 0 bridgehead atoms. The zero-order chi connectivity index (χ0) is 36.1. The van der Waals surface area contributed by atoms with E-state index in [9.17, 15) is 24.3 Å². The molecule has 48 heavy (non-hydrogen) atoms. The molecule has 0 aromatic heterocycles. The van der Waals surface area contributed by atoms with Crippen LogP contribution < -0.4 is 10.6 Å². The van der Waals surface area contributed by atoms with Crippen LogP contribution >= 0.6 is 0 Å². The number of carbonyl (C=O) groups is 4. The lowest BCUT2D eigenvalue weighted by atomic mass is 9.95. The number of ether oxygens (including phenoxy) is 2. The van der Waals surface area contributed by atoms with Crippen LogP contribution in [0, 0.1) is 5.92 Å². The normalized spacial score (nSPS) is 14.2. The second kappa shape index (κ2) is 18.5. The van der Waals surface area contributed by atoms with Gasteiger partial charge >= 0.3 is 12.1 Å². The summed E-state index contributed by atoms with van der Waals surface area (Å²) in [4.78, 5) is 57.1. The van der Waals surface area contributed by atoms with Crippen LogP contribution in [0.2, 0.25) is 0 Å². The van der Waals surface area contributed by atoms with Crippen LogP contribution in [-0.2, 0) is 30.3 Å². The third-order valence-electron chi connectivity index (χ3n) is 7.75. The quantitative estimate of drug-likeness (QED) is 0.132. The highest BCUT2D eigenvalue weighted by molar-refractivity contribution is 5.94. The number of benzene rings is 2. The Morgan fingerprint density at radius 1 is 0.812 bits per heavy atom. The molecule has 0 aliphatic carbocycles. The first kappa shape index (κ1) is 40.1. The summed E-state index contributed by atoms with van der Waals surface area (Å²) in [6, 6.07) is 12.2. The molecule has 0 saturated carbocycles. The van der Waals surface area contributed by atoms with Gasteiger partial charge in [-0.2, -0.15) is 0 Å². The third-order valence-corrected chi connectivity index (χ3v) is 7.75. The summed E-state index contributed by atoms with van der Waals surface area (Å²) < 4.78 is 11.2. The topological polar surface area (TPSA) is 134 Å². The summed E-state index contributed by atoms with van der Waals surface area (Å²) in [5.41, 5.74) is -0.319. The maximum Gasteiger partial charge on any atom is 0.408 e. The standard InChI is InChI=1S/C38H57N3O7/c1-10-12-13-17-24-41(34(44)31(26(3)11-2)40-36(46)48-38(7,8)9)32(28-20-22-29(42)23-21-28)33(43)39-30(35(45)47-37(4,5)6)25-27-18-15-14-16-19-27/h14-16,18-23,26,30-32,42H,10-13,17,24-25H2,1-9H3,(H,39,43)(H,40,46). The van der Waals surface area contributed by atoms with Crippen LogP contribution in [0.3, 0.4) is 0 Å².